The van der Waals surface area contributed by atoms with E-state index >= 15 is 0 Å². The molecule has 2 aromatic rings. The maximum atomic E-state index is 12.4. The molecule has 1 aromatic heterocycles. The van der Waals surface area contributed by atoms with Crippen molar-refractivity contribution in [3.8, 4) is 0 Å². The van der Waals surface area contributed by atoms with Crippen LogP contribution in [0, 0.1) is 10.1 Å². The smallest absolute Gasteiger partial charge is 0.293 e. The summed E-state index contributed by atoms with van der Waals surface area (Å²) in [6, 6.07) is 4.26. The van der Waals surface area contributed by atoms with Crippen molar-refractivity contribution in [1.82, 2.24) is 9.55 Å². The minimum absolute atomic E-state index is 0.196. The summed E-state index contributed by atoms with van der Waals surface area (Å²) in [6.07, 6.45) is 5.46. The number of imidazole rings is 1. The Hall–Kier alpha value is -2.74. The van der Waals surface area contributed by atoms with Gasteiger partial charge in [-0.15, -0.1) is 0 Å². The summed E-state index contributed by atoms with van der Waals surface area (Å²) in [7, 11) is 1.68. The molecule has 126 valence electrons. The quantitative estimate of drug-likeness (QED) is 0.475. The molecule has 0 amide bonds. The van der Waals surface area contributed by atoms with E-state index in [2.05, 4.69) is 10.3 Å². The second kappa shape index (κ2) is 6.04. The third kappa shape index (κ3) is 3.00. The Morgan fingerprint density at radius 3 is 2.79 bits per heavy atom. The van der Waals surface area contributed by atoms with Crippen molar-refractivity contribution < 1.29 is 14.8 Å². The number of ketones is 1. The van der Waals surface area contributed by atoms with Crippen LogP contribution in [0.5, 0.6) is 0 Å². The van der Waals surface area contributed by atoms with Crippen LogP contribution in [0.1, 0.15) is 35.4 Å². The molecule has 24 heavy (non-hydrogen) atoms. The number of aromatic nitrogens is 2. The lowest BCUT2D eigenvalue weighted by Gasteiger charge is -2.36. The molecule has 8 nitrogen and oxygen atoms in total. The van der Waals surface area contributed by atoms with Gasteiger partial charge in [-0.3, -0.25) is 14.9 Å². The fourth-order valence-corrected chi connectivity index (χ4v) is 2.71. The molecule has 3 rings (SSSR count). The van der Waals surface area contributed by atoms with E-state index in [4.69, 9.17) is 0 Å². The number of carbonyl (C=O) groups is 1. The van der Waals surface area contributed by atoms with Crippen molar-refractivity contribution in [3.05, 3.63) is 52.1 Å². The number of hydrogen-bond donors (Lipinski definition) is 2. The number of hydrogen-bond acceptors (Lipinski definition) is 6. The predicted octanol–water partition coefficient (Wildman–Crippen LogP) is 1.89. The maximum Gasteiger partial charge on any atom is 0.293 e. The lowest BCUT2D eigenvalue weighted by molar-refractivity contribution is -0.384. The predicted molar refractivity (Wildman–Crippen MR) is 87.0 cm³/mol. The van der Waals surface area contributed by atoms with Crippen molar-refractivity contribution >= 4 is 17.2 Å². The fourth-order valence-electron chi connectivity index (χ4n) is 2.71. The van der Waals surface area contributed by atoms with Crippen molar-refractivity contribution in [2.45, 2.75) is 24.9 Å². The lowest BCUT2D eigenvalue weighted by Crippen LogP contribution is -2.43. The number of benzene rings is 1. The van der Waals surface area contributed by atoms with Gasteiger partial charge in [0.05, 0.1) is 10.5 Å². The zero-order valence-corrected chi connectivity index (χ0v) is 13.2. The Balaban J connectivity index is 1.85. The number of aryl methyl sites for hydroxylation is 1. The number of carbonyl (C=O) groups excluding carboxylic acids is 1. The Kier molecular flexibility index (Phi) is 4.06. The van der Waals surface area contributed by atoms with Gasteiger partial charge in [-0.05, 0) is 31.4 Å². The van der Waals surface area contributed by atoms with Gasteiger partial charge in [-0.1, -0.05) is 0 Å². The van der Waals surface area contributed by atoms with E-state index in [1.54, 1.807) is 17.8 Å². The van der Waals surface area contributed by atoms with E-state index in [1.807, 2.05) is 0 Å². The van der Waals surface area contributed by atoms with Crippen molar-refractivity contribution in [2.75, 3.05) is 11.9 Å². The number of aliphatic hydroxyl groups is 1. The topological polar surface area (TPSA) is 110 Å². The summed E-state index contributed by atoms with van der Waals surface area (Å²) in [4.78, 5) is 27.2. The van der Waals surface area contributed by atoms with Crippen molar-refractivity contribution in [1.29, 1.82) is 0 Å². The van der Waals surface area contributed by atoms with E-state index in [0.29, 0.717) is 12.8 Å². The minimum Gasteiger partial charge on any atom is -0.388 e. The summed E-state index contributed by atoms with van der Waals surface area (Å²) >= 11 is 0. The van der Waals surface area contributed by atoms with Crippen LogP contribution in [0.4, 0.5) is 11.4 Å². The molecule has 2 N–H and O–H groups in total. The van der Waals surface area contributed by atoms with E-state index < -0.39 is 10.5 Å². The minimum atomic E-state index is -0.796. The van der Waals surface area contributed by atoms with Crippen LogP contribution >= 0.6 is 0 Å². The molecular formula is C16H18N4O4. The lowest BCUT2D eigenvalue weighted by atomic mass is 9.80. The first-order chi connectivity index (χ1) is 11.4. The Bertz CT molecular complexity index is 795. The largest absolute Gasteiger partial charge is 0.388 e. The SMILES string of the molecule is Cn1ccnc1C(=O)c1ccc(NCC2(O)CCC2)c([N+](=O)[O-])c1. The van der Waals surface area contributed by atoms with E-state index in [0.717, 1.165) is 6.42 Å². The molecule has 1 fully saturated rings. The number of nitro groups is 1. The van der Waals surface area contributed by atoms with Gasteiger partial charge in [0.25, 0.3) is 5.69 Å². The number of nitrogens with zero attached hydrogens (tertiary/aromatic N) is 3. The van der Waals surface area contributed by atoms with Gasteiger partial charge in [0, 0.05) is 37.6 Å². The first kappa shape index (κ1) is 16.1. The standard InChI is InChI=1S/C16H18N4O4/c1-19-8-7-17-15(19)14(21)11-3-4-12(13(9-11)20(23)24)18-10-16(22)5-2-6-16/h3-4,7-9,18,22H,2,5-6,10H2,1H3. The van der Waals surface area contributed by atoms with Crippen molar-refractivity contribution in [2.24, 2.45) is 7.05 Å². The maximum absolute atomic E-state index is 12.4. The van der Waals surface area contributed by atoms with Crippen molar-refractivity contribution in [3.63, 3.8) is 0 Å². The second-order valence-corrected chi connectivity index (χ2v) is 6.11. The van der Waals surface area contributed by atoms with E-state index in [1.165, 1.54) is 24.4 Å². The molecule has 8 heteroatoms. The molecule has 0 spiro atoms. The molecule has 0 unspecified atom stereocenters. The van der Waals surface area contributed by atoms with Crippen LogP contribution in [0.3, 0.4) is 0 Å². The molecular weight excluding hydrogens is 312 g/mol. The summed E-state index contributed by atoms with van der Waals surface area (Å²) in [5, 5.41) is 24.4. The van der Waals surface area contributed by atoms with Crippen LogP contribution < -0.4 is 5.32 Å². The van der Waals surface area contributed by atoms with Crippen LogP contribution in [-0.4, -0.2) is 37.5 Å². The number of rotatable bonds is 6. The van der Waals surface area contributed by atoms with Gasteiger partial charge in [-0.25, -0.2) is 4.98 Å². The Labute approximate surface area is 138 Å². The summed E-state index contributed by atoms with van der Waals surface area (Å²) in [5.41, 5.74) is -0.506. The summed E-state index contributed by atoms with van der Waals surface area (Å²) in [6.45, 7) is 0.250. The molecule has 0 bridgehead atoms. The van der Waals surface area contributed by atoms with Gasteiger partial charge >= 0.3 is 0 Å². The van der Waals surface area contributed by atoms with Crippen LogP contribution in [0.15, 0.2) is 30.6 Å². The average Bonchev–Trinajstić information content (AvgIpc) is 2.96. The van der Waals surface area contributed by atoms with Gasteiger partial charge in [-0.2, -0.15) is 0 Å². The average molecular weight is 330 g/mol. The number of nitro benzene ring substituents is 1. The molecule has 1 aromatic carbocycles. The van der Waals surface area contributed by atoms with Crippen LogP contribution in [-0.2, 0) is 7.05 Å². The normalized spacial score (nSPS) is 15.6. The molecule has 0 aliphatic heterocycles. The monoisotopic (exact) mass is 330 g/mol. The number of nitrogens with one attached hydrogen (secondary N) is 1. The zero-order chi connectivity index (χ0) is 17.3. The third-order valence-electron chi connectivity index (χ3n) is 4.37. The first-order valence-electron chi connectivity index (χ1n) is 7.66. The van der Waals surface area contributed by atoms with E-state index in [-0.39, 0.29) is 35.1 Å². The molecule has 0 saturated heterocycles. The molecule has 1 saturated carbocycles. The highest BCUT2D eigenvalue weighted by Gasteiger charge is 2.34. The molecule has 0 radical (unpaired) electrons. The summed E-state index contributed by atoms with van der Waals surface area (Å²) < 4.78 is 1.56. The second-order valence-electron chi connectivity index (χ2n) is 6.11. The van der Waals surface area contributed by atoms with Crippen LogP contribution in [0.25, 0.3) is 0 Å². The van der Waals surface area contributed by atoms with Gasteiger partial charge in [0.15, 0.2) is 5.82 Å². The fraction of sp³-hybridized carbons (Fsp3) is 0.375. The number of anilines is 1. The van der Waals surface area contributed by atoms with Crippen LogP contribution in [0.2, 0.25) is 0 Å². The third-order valence-corrected chi connectivity index (χ3v) is 4.37. The highest BCUT2D eigenvalue weighted by atomic mass is 16.6. The highest BCUT2D eigenvalue weighted by Crippen LogP contribution is 2.33. The highest BCUT2D eigenvalue weighted by molar-refractivity contribution is 6.07. The Morgan fingerprint density at radius 2 is 2.25 bits per heavy atom. The van der Waals surface area contributed by atoms with Gasteiger partial charge in [0.1, 0.15) is 5.69 Å². The zero-order valence-electron chi connectivity index (χ0n) is 13.2. The molecule has 1 heterocycles. The molecule has 1 aliphatic rings. The molecule has 0 atom stereocenters. The summed E-state index contributed by atoms with van der Waals surface area (Å²) in [5.74, 6) is -0.163. The molecule has 1 aliphatic carbocycles. The first-order valence-corrected chi connectivity index (χ1v) is 7.66. The van der Waals surface area contributed by atoms with E-state index in [9.17, 15) is 20.0 Å². The Morgan fingerprint density at radius 1 is 1.50 bits per heavy atom. The van der Waals surface area contributed by atoms with Gasteiger partial charge < -0.3 is 15.0 Å². The van der Waals surface area contributed by atoms with Gasteiger partial charge in [0.2, 0.25) is 5.78 Å².